The zero-order chi connectivity index (χ0) is 15.9. The summed E-state index contributed by atoms with van der Waals surface area (Å²) in [6.45, 7) is 0. The van der Waals surface area contributed by atoms with E-state index in [2.05, 4.69) is 9.97 Å². The van der Waals surface area contributed by atoms with Crippen molar-refractivity contribution in [1.82, 2.24) is 9.97 Å². The minimum atomic E-state index is -1.19. The van der Waals surface area contributed by atoms with Crippen LogP contribution in [0.15, 0.2) is 28.7 Å². The molecule has 0 saturated heterocycles. The van der Waals surface area contributed by atoms with Gasteiger partial charge < -0.3 is 25.7 Å². The van der Waals surface area contributed by atoms with Crippen LogP contribution in [0.2, 0.25) is 0 Å². The fraction of sp³-hybridized carbons (Fsp3) is 0.0714. The molecule has 3 aromatic rings. The molecule has 2 aromatic heterocycles. The first-order valence-electron chi connectivity index (χ1n) is 6.24. The van der Waals surface area contributed by atoms with Gasteiger partial charge in [-0.2, -0.15) is 9.97 Å². The molecular weight excluding hydrogens is 288 g/mol. The number of hydrogen-bond acceptors (Lipinski definition) is 7. The van der Waals surface area contributed by atoms with Crippen molar-refractivity contribution in [3.8, 4) is 17.1 Å². The topological polar surface area (TPSA) is 137 Å². The van der Waals surface area contributed by atoms with Crippen LogP contribution in [0.4, 0.5) is 11.8 Å². The van der Waals surface area contributed by atoms with E-state index in [-0.39, 0.29) is 34.2 Å². The summed E-state index contributed by atoms with van der Waals surface area (Å²) in [6, 6.07) is 6.74. The Morgan fingerprint density at radius 2 is 1.91 bits per heavy atom. The number of carboxylic acids is 1. The third-order valence-electron chi connectivity index (χ3n) is 3.16. The van der Waals surface area contributed by atoms with E-state index in [4.69, 9.17) is 20.6 Å². The number of carbonyl (C=O) groups is 1. The summed E-state index contributed by atoms with van der Waals surface area (Å²) < 4.78 is 10.6. The molecule has 0 spiro atoms. The molecule has 0 aliphatic carbocycles. The van der Waals surface area contributed by atoms with Crippen LogP contribution in [-0.4, -0.2) is 28.2 Å². The van der Waals surface area contributed by atoms with E-state index in [1.807, 2.05) is 0 Å². The van der Waals surface area contributed by atoms with Crippen LogP contribution in [0.25, 0.3) is 22.4 Å². The number of carboxylic acid groups (broad SMARTS) is 1. The van der Waals surface area contributed by atoms with Crippen LogP contribution in [0.5, 0.6) is 5.75 Å². The number of nitrogens with zero attached hydrogens (tertiary/aromatic N) is 2. The van der Waals surface area contributed by atoms with E-state index in [1.54, 1.807) is 24.3 Å². The van der Waals surface area contributed by atoms with Crippen molar-refractivity contribution in [1.29, 1.82) is 0 Å². The molecule has 5 N–H and O–H groups in total. The standard InChI is InChI=1S/C14H12N4O4/c1-21-7-4-2-6(3-5-7)10-8(13(19)20)9-11(15)17-14(16)18-12(9)22-10/h2-5H,1H3,(H,19,20)(H4,15,16,17,18). The number of methoxy groups -OCH3 is 1. The molecule has 0 bridgehead atoms. The summed E-state index contributed by atoms with van der Waals surface area (Å²) in [7, 11) is 1.54. The van der Waals surface area contributed by atoms with Crippen molar-refractivity contribution < 1.29 is 19.1 Å². The number of aromatic carboxylic acids is 1. The molecule has 0 radical (unpaired) electrons. The second-order valence-electron chi connectivity index (χ2n) is 4.49. The maximum absolute atomic E-state index is 11.6. The molecular formula is C14H12N4O4. The Hall–Kier alpha value is -3.29. The van der Waals surface area contributed by atoms with Crippen molar-refractivity contribution in [3.05, 3.63) is 29.8 Å². The lowest BCUT2D eigenvalue weighted by Crippen LogP contribution is -2.03. The fourth-order valence-electron chi connectivity index (χ4n) is 2.19. The molecule has 8 heteroatoms. The monoisotopic (exact) mass is 300 g/mol. The lowest BCUT2D eigenvalue weighted by molar-refractivity contribution is 0.0699. The van der Waals surface area contributed by atoms with E-state index in [0.717, 1.165) is 0 Å². The molecule has 0 aliphatic heterocycles. The zero-order valence-corrected chi connectivity index (χ0v) is 11.5. The molecule has 22 heavy (non-hydrogen) atoms. The van der Waals surface area contributed by atoms with Gasteiger partial charge in [0.15, 0.2) is 5.76 Å². The number of nitrogens with two attached hydrogens (primary N) is 2. The van der Waals surface area contributed by atoms with Gasteiger partial charge in [0.05, 0.1) is 12.5 Å². The Balaban J connectivity index is 2.30. The number of ether oxygens (including phenoxy) is 1. The highest BCUT2D eigenvalue weighted by Crippen LogP contribution is 2.36. The van der Waals surface area contributed by atoms with Crippen LogP contribution in [0, 0.1) is 0 Å². The zero-order valence-electron chi connectivity index (χ0n) is 11.5. The van der Waals surface area contributed by atoms with Gasteiger partial charge in [-0.05, 0) is 24.3 Å². The predicted octanol–water partition coefficient (Wildman–Crippen LogP) is 1.76. The van der Waals surface area contributed by atoms with Gasteiger partial charge in [0.1, 0.15) is 17.1 Å². The number of hydrogen-bond donors (Lipinski definition) is 3. The van der Waals surface area contributed by atoms with Crippen molar-refractivity contribution in [3.63, 3.8) is 0 Å². The highest BCUT2D eigenvalue weighted by Gasteiger charge is 2.25. The van der Waals surface area contributed by atoms with E-state index >= 15 is 0 Å². The van der Waals surface area contributed by atoms with Crippen LogP contribution in [0.1, 0.15) is 10.4 Å². The van der Waals surface area contributed by atoms with Crippen molar-refractivity contribution in [2.75, 3.05) is 18.6 Å². The van der Waals surface area contributed by atoms with Gasteiger partial charge in [-0.3, -0.25) is 0 Å². The third-order valence-corrected chi connectivity index (χ3v) is 3.16. The number of nitrogen functional groups attached to an aromatic ring is 2. The molecule has 0 fully saturated rings. The number of fused-ring (bicyclic) bond motifs is 1. The van der Waals surface area contributed by atoms with E-state index < -0.39 is 5.97 Å². The Labute approximate surface area is 124 Å². The van der Waals surface area contributed by atoms with Gasteiger partial charge in [0.2, 0.25) is 11.7 Å². The highest BCUT2D eigenvalue weighted by atomic mass is 16.5. The van der Waals surface area contributed by atoms with Crippen molar-refractivity contribution in [2.24, 2.45) is 0 Å². The average Bonchev–Trinajstić information content (AvgIpc) is 2.87. The first-order chi connectivity index (χ1) is 10.5. The summed E-state index contributed by atoms with van der Waals surface area (Å²) in [4.78, 5) is 19.3. The number of furan rings is 1. The van der Waals surface area contributed by atoms with Crippen LogP contribution in [0.3, 0.4) is 0 Å². The Bertz CT molecular complexity index is 871. The molecule has 112 valence electrons. The normalized spacial score (nSPS) is 10.8. The summed E-state index contributed by atoms with van der Waals surface area (Å²) >= 11 is 0. The smallest absolute Gasteiger partial charge is 0.340 e. The lowest BCUT2D eigenvalue weighted by Gasteiger charge is -2.02. The number of aromatic nitrogens is 2. The van der Waals surface area contributed by atoms with Crippen LogP contribution < -0.4 is 16.2 Å². The average molecular weight is 300 g/mol. The third kappa shape index (κ3) is 2.06. The molecule has 0 amide bonds. The lowest BCUT2D eigenvalue weighted by atomic mass is 10.1. The summed E-state index contributed by atoms with van der Waals surface area (Å²) in [5, 5.41) is 9.61. The summed E-state index contributed by atoms with van der Waals surface area (Å²) in [6.07, 6.45) is 0. The van der Waals surface area contributed by atoms with Gasteiger partial charge in [0.25, 0.3) is 0 Å². The number of rotatable bonds is 3. The second-order valence-corrected chi connectivity index (χ2v) is 4.49. The molecule has 8 nitrogen and oxygen atoms in total. The highest BCUT2D eigenvalue weighted by molar-refractivity contribution is 6.10. The largest absolute Gasteiger partial charge is 0.497 e. The van der Waals surface area contributed by atoms with Gasteiger partial charge >= 0.3 is 5.97 Å². The molecule has 0 atom stereocenters. The number of benzene rings is 1. The Morgan fingerprint density at radius 1 is 1.23 bits per heavy atom. The summed E-state index contributed by atoms with van der Waals surface area (Å²) in [5.74, 6) is -0.540. The van der Waals surface area contributed by atoms with Crippen LogP contribution in [-0.2, 0) is 0 Å². The van der Waals surface area contributed by atoms with Gasteiger partial charge in [0, 0.05) is 5.56 Å². The minimum Gasteiger partial charge on any atom is -0.497 e. The first-order valence-corrected chi connectivity index (χ1v) is 6.24. The van der Waals surface area contributed by atoms with Crippen molar-refractivity contribution in [2.45, 2.75) is 0 Å². The quantitative estimate of drug-likeness (QED) is 0.665. The van der Waals surface area contributed by atoms with Gasteiger partial charge in [-0.25, -0.2) is 4.79 Å². The number of anilines is 2. The van der Waals surface area contributed by atoms with Gasteiger partial charge in [-0.15, -0.1) is 0 Å². The SMILES string of the molecule is COc1ccc(-c2oc3nc(N)nc(N)c3c2C(=O)O)cc1. The van der Waals surface area contributed by atoms with Gasteiger partial charge in [-0.1, -0.05) is 0 Å². The summed E-state index contributed by atoms with van der Waals surface area (Å²) in [5.41, 5.74) is 11.8. The van der Waals surface area contributed by atoms with E-state index in [1.165, 1.54) is 7.11 Å². The fourth-order valence-corrected chi connectivity index (χ4v) is 2.19. The first kappa shape index (κ1) is 13.7. The Morgan fingerprint density at radius 3 is 2.50 bits per heavy atom. The predicted molar refractivity (Wildman–Crippen MR) is 79.6 cm³/mol. The maximum atomic E-state index is 11.6. The molecule has 3 rings (SSSR count). The second kappa shape index (κ2) is 4.92. The molecule has 2 heterocycles. The van der Waals surface area contributed by atoms with Crippen molar-refractivity contribution >= 4 is 28.8 Å². The maximum Gasteiger partial charge on any atom is 0.340 e. The van der Waals surface area contributed by atoms with E-state index in [9.17, 15) is 9.90 Å². The van der Waals surface area contributed by atoms with Crippen LogP contribution >= 0.6 is 0 Å². The Kier molecular flexibility index (Phi) is 3.06. The minimum absolute atomic E-state index is 0.0354. The molecule has 0 saturated carbocycles. The molecule has 0 aliphatic rings. The van der Waals surface area contributed by atoms with E-state index in [0.29, 0.717) is 11.3 Å². The molecule has 0 unspecified atom stereocenters. The molecule has 1 aromatic carbocycles.